The fourth-order valence-corrected chi connectivity index (χ4v) is 2.01. The van der Waals surface area contributed by atoms with Crippen LogP contribution in [0.1, 0.15) is 10.4 Å². The van der Waals surface area contributed by atoms with E-state index in [1.54, 1.807) is 12.1 Å². The number of ether oxygens (including phenoxy) is 2. The minimum Gasteiger partial charge on any atom is -0.454 e. The third kappa shape index (κ3) is 2.40. The van der Waals surface area contributed by atoms with Crippen molar-refractivity contribution in [2.75, 3.05) is 12.1 Å². The summed E-state index contributed by atoms with van der Waals surface area (Å²) in [5.41, 5.74) is 0.741. The lowest BCUT2D eigenvalue weighted by molar-refractivity contribution is 0.102. The van der Waals surface area contributed by atoms with E-state index in [2.05, 4.69) is 5.32 Å². The number of benzene rings is 2. The van der Waals surface area contributed by atoms with Crippen LogP contribution in [0.5, 0.6) is 11.5 Å². The van der Waals surface area contributed by atoms with Crippen LogP contribution in [0.25, 0.3) is 0 Å². The normalized spacial score (nSPS) is 12.3. The van der Waals surface area contributed by atoms with Gasteiger partial charge in [0.1, 0.15) is 5.82 Å². The van der Waals surface area contributed by atoms with Crippen molar-refractivity contribution < 1.29 is 18.7 Å². The molecule has 6 heteroatoms. The molecule has 0 fully saturated rings. The van der Waals surface area contributed by atoms with Crippen LogP contribution >= 0.6 is 11.6 Å². The highest BCUT2D eigenvalue weighted by Crippen LogP contribution is 2.39. The number of nitrogens with one attached hydrogen (secondary N) is 1. The van der Waals surface area contributed by atoms with Crippen LogP contribution in [-0.2, 0) is 0 Å². The van der Waals surface area contributed by atoms with Gasteiger partial charge in [0.25, 0.3) is 5.91 Å². The third-order valence-corrected chi connectivity index (χ3v) is 3.13. The Morgan fingerprint density at radius 3 is 2.50 bits per heavy atom. The van der Waals surface area contributed by atoms with E-state index >= 15 is 0 Å². The van der Waals surface area contributed by atoms with Gasteiger partial charge in [-0.15, -0.1) is 0 Å². The summed E-state index contributed by atoms with van der Waals surface area (Å²) in [7, 11) is 0. The Kier molecular flexibility index (Phi) is 3.20. The molecule has 0 bridgehead atoms. The molecule has 2 aromatic carbocycles. The average Bonchev–Trinajstić information content (AvgIpc) is 2.87. The van der Waals surface area contributed by atoms with E-state index in [4.69, 9.17) is 21.1 Å². The van der Waals surface area contributed by atoms with E-state index in [1.165, 1.54) is 24.3 Å². The number of halogens is 2. The molecule has 0 saturated carbocycles. The Labute approximate surface area is 119 Å². The summed E-state index contributed by atoms with van der Waals surface area (Å²) in [5.74, 6) is 0.270. The number of hydrogen-bond donors (Lipinski definition) is 1. The van der Waals surface area contributed by atoms with Crippen LogP contribution in [0.4, 0.5) is 10.1 Å². The minimum absolute atomic E-state index is 0.126. The Morgan fingerprint density at radius 1 is 1.15 bits per heavy atom. The maximum atomic E-state index is 12.8. The second kappa shape index (κ2) is 5.02. The Balaban J connectivity index is 1.84. The molecule has 0 unspecified atom stereocenters. The van der Waals surface area contributed by atoms with E-state index < -0.39 is 5.82 Å². The van der Waals surface area contributed by atoms with Gasteiger partial charge in [-0.25, -0.2) is 4.39 Å². The molecule has 0 aliphatic carbocycles. The van der Waals surface area contributed by atoms with Crippen LogP contribution < -0.4 is 14.8 Å². The molecule has 2 aromatic rings. The Hall–Kier alpha value is -2.27. The van der Waals surface area contributed by atoms with Crippen LogP contribution in [0.15, 0.2) is 36.4 Å². The van der Waals surface area contributed by atoms with Gasteiger partial charge >= 0.3 is 0 Å². The standard InChI is InChI=1S/C14H9ClFNO3/c15-10-5-12-13(20-7-19-12)6-11(10)17-14(18)8-1-3-9(16)4-2-8/h1-6H,7H2,(H,17,18). The highest BCUT2D eigenvalue weighted by atomic mass is 35.5. The predicted molar refractivity (Wildman–Crippen MR) is 71.9 cm³/mol. The summed E-state index contributed by atoms with van der Waals surface area (Å²) in [6.07, 6.45) is 0. The minimum atomic E-state index is -0.400. The smallest absolute Gasteiger partial charge is 0.255 e. The van der Waals surface area contributed by atoms with Gasteiger partial charge in [-0.1, -0.05) is 11.6 Å². The Bertz CT molecular complexity index is 673. The zero-order valence-corrected chi connectivity index (χ0v) is 10.9. The predicted octanol–water partition coefficient (Wildman–Crippen LogP) is 3.46. The largest absolute Gasteiger partial charge is 0.454 e. The highest BCUT2D eigenvalue weighted by Gasteiger charge is 2.18. The van der Waals surface area contributed by atoms with Gasteiger partial charge in [-0.2, -0.15) is 0 Å². The lowest BCUT2D eigenvalue weighted by Crippen LogP contribution is -2.12. The fourth-order valence-electron chi connectivity index (χ4n) is 1.81. The van der Waals surface area contributed by atoms with Gasteiger partial charge in [-0.05, 0) is 24.3 Å². The molecular formula is C14H9ClFNO3. The van der Waals surface area contributed by atoms with Crippen LogP contribution in [-0.4, -0.2) is 12.7 Å². The molecule has 0 aromatic heterocycles. The van der Waals surface area contributed by atoms with Crippen LogP contribution in [0.2, 0.25) is 5.02 Å². The van der Waals surface area contributed by atoms with Crippen molar-refractivity contribution in [2.45, 2.75) is 0 Å². The van der Waals surface area contributed by atoms with Crippen LogP contribution in [0.3, 0.4) is 0 Å². The van der Waals surface area contributed by atoms with E-state index in [1.807, 2.05) is 0 Å². The molecule has 3 rings (SSSR count). The first-order valence-electron chi connectivity index (χ1n) is 5.79. The fraction of sp³-hybridized carbons (Fsp3) is 0.0714. The molecule has 20 heavy (non-hydrogen) atoms. The third-order valence-electron chi connectivity index (χ3n) is 2.82. The Morgan fingerprint density at radius 2 is 1.80 bits per heavy atom. The molecule has 1 amide bonds. The van der Waals surface area contributed by atoms with Crippen molar-refractivity contribution in [3.05, 3.63) is 52.8 Å². The van der Waals surface area contributed by atoms with E-state index in [0.29, 0.717) is 27.8 Å². The molecule has 1 aliphatic rings. The number of carbonyl (C=O) groups is 1. The first-order valence-corrected chi connectivity index (χ1v) is 6.17. The summed E-state index contributed by atoms with van der Waals surface area (Å²) < 4.78 is 23.2. The average molecular weight is 294 g/mol. The van der Waals surface area contributed by atoms with E-state index in [0.717, 1.165) is 0 Å². The molecule has 102 valence electrons. The number of rotatable bonds is 2. The highest BCUT2D eigenvalue weighted by molar-refractivity contribution is 6.34. The summed E-state index contributed by atoms with van der Waals surface area (Å²) in [5, 5.41) is 2.98. The van der Waals surface area contributed by atoms with Gasteiger partial charge < -0.3 is 14.8 Å². The van der Waals surface area contributed by atoms with Gasteiger partial charge in [0.15, 0.2) is 11.5 Å². The van der Waals surface area contributed by atoms with Crippen molar-refractivity contribution in [3.8, 4) is 11.5 Å². The quantitative estimate of drug-likeness (QED) is 0.922. The van der Waals surface area contributed by atoms with Gasteiger partial charge in [0.2, 0.25) is 6.79 Å². The van der Waals surface area contributed by atoms with Crippen molar-refractivity contribution >= 4 is 23.2 Å². The lowest BCUT2D eigenvalue weighted by Gasteiger charge is -2.08. The van der Waals surface area contributed by atoms with Crippen molar-refractivity contribution in [1.82, 2.24) is 0 Å². The van der Waals surface area contributed by atoms with Crippen molar-refractivity contribution in [1.29, 1.82) is 0 Å². The van der Waals surface area contributed by atoms with Crippen molar-refractivity contribution in [3.63, 3.8) is 0 Å². The zero-order valence-electron chi connectivity index (χ0n) is 10.2. The molecule has 1 N–H and O–H groups in total. The second-order valence-corrected chi connectivity index (χ2v) is 4.55. The number of hydrogen-bond acceptors (Lipinski definition) is 3. The zero-order chi connectivity index (χ0) is 14.1. The monoisotopic (exact) mass is 293 g/mol. The summed E-state index contributed by atoms with van der Waals surface area (Å²) >= 11 is 6.05. The molecule has 0 spiro atoms. The van der Waals surface area contributed by atoms with Crippen LogP contribution in [0, 0.1) is 5.82 Å². The number of anilines is 1. The van der Waals surface area contributed by atoms with E-state index in [-0.39, 0.29) is 12.7 Å². The molecule has 0 atom stereocenters. The topological polar surface area (TPSA) is 47.6 Å². The molecule has 1 heterocycles. The maximum Gasteiger partial charge on any atom is 0.255 e. The summed E-state index contributed by atoms with van der Waals surface area (Å²) in [6.45, 7) is 0.126. The molecular weight excluding hydrogens is 285 g/mol. The summed E-state index contributed by atoms with van der Waals surface area (Å²) in [6, 6.07) is 8.39. The number of carbonyl (C=O) groups excluding carboxylic acids is 1. The first kappa shape index (κ1) is 12.7. The molecule has 0 radical (unpaired) electrons. The van der Waals surface area contributed by atoms with Gasteiger partial charge in [0.05, 0.1) is 10.7 Å². The molecule has 1 aliphatic heterocycles. The number of amides is 1. The number of fused-ring (bicyclic) bond motifs is 1. The first-order chi connectivity index (χ1) is 9.63. The second-order valence-electron chi connectivity index (χ2n) is 4.15. The van der Waals surface area contributed by atoms with Crippen molar-refractivity contribution in [2.24, 2.45) is 0 Å². The van der Waals surface area contributed by atoms with Gasteiger partial charge in [-0.3, -0.25) is 4.79 Å². The molecule has 4 nitrogen and oxygen atoms in total. The SMILES string of the molecule is O=C(Nc1cc2c(cc1Cl)OCO2)c1ccc(F)cc1. The van der Waals surface area contributed by atoms with Gasteiger partial charge in [0, 0.05) is 17.7 Å². The lowest BCUT2D eigenvalue weighted by atomic mass is 10.2. The van der Waals surface area contributed by atoms with E-state index in [9.17, 15) is 9.18 Å². The maximum absolute atomic E-state index is 12.8. The summed E-state index contributed by atoms with van der Waals surface area (Å²) in [4.78, 5) is 12.0. The molecule has 0 saturated heterocycles.